The van der Waals surface area contributed by atoms with Gasteiger partial charge in [-0.3, -0.25) is 9.59 Å². The van der Waals surface area contributed by atoms with Crippen LogP contribution in [0.5, 0.6) is 17.2 Å². The van der Waals surface area contributed by atoms with Gasteiger partial charge in [0, 0.05) is 25.0 Å². The molecule has 3 aromatic rings. The van der Waals surface area contributed by atoms with Crippen LogP contribution < -0.4 is 19.6 Å². The van der Waals surface area contributed by atoms with Crippen LogP contribution >= 0.6 is 0 Å². The summed E-state index contributed by atoms with van der Waals surface area (Å²) in [5, 5.41) is 9.21. The first kappa shape index (κ1) is 21.2. The van der Waals surface area contributed by atoms with Gasteiger partial charge in [0.05, 0.1) is 26.9 Å². The smallest absolute Gasteiger partial charge is 0.303 e. The van der Waals surface area contributed by atoms with Crippen molar-refractivity contribution in [1.82, 2.24) is 0 Å². The molecule has 3 rings (SSSR count). The van der Waals surface area contributed by atoms with Crippen LogP contribution in [0.2, 0.25) is 0 Å². The molecule has 1 heterocycles. The van der Waals surface area contributed by atoms with E-state index in [4.69, 9.17) is 23.7 Å². The average Bonchev–Trinajstić information content (AvgIpc) is 2.75. The number of aliphatic carboxylic acids is 1. The second-order valence-corrected chi connectivity index (χ2v) is 6.76. The van der Waals surface area contributed by atoms with E-state index in [1.165, 1.54) is 14.2 Å². The van der Waals surface area contributed by atoms with Gasteiger partial charge in [0.25, 0.3) is 0 Å². The Bertz CT molecular complexity index is 1100. The molecule has 0 amide bonds. The Morgan fingerprint density at radius 2 is 1.67 bits per heavy atom. The SMILES string of the molecule is COc1ccc(-c2c(CCCCC(=O)O)oc3cc(OC)cc(OC)c3c2=O)cc1. The number of unbranched alkanes of at least 4 members (excludes halogenated alkanes) is 1. The summed E-state index contributed by atoms with van der Waals surface area (Å²) in [6.07, 6.45) is 1.56. The van der Waals surface area contributed by atoms with Crippen molar-refractivity contribution in [2.75, 3.05) is 21.3 Å². The highest BCUT2D eigenvalue weighted by molar-refractivity contribution is 5.89. The first-order chi connectivity index (χ1) is 14.5. The van der Waals surface area contributed by atoms with Gasteiger partial charge in [0.15, 0.2) is 0 Å². The second-order valence-electron chi connectivity index (χ2n) is 6.76. The van der Waals surface area contributed by atoms with Crippen molar-refractivity contribution in [2.24, 2.45) is 0 Å². The van der Waals surface area contributed by atoms with Gasteiger partial charge in [-0.15, -0.1) is 0 Å². The number of carboxylic acids is 1. The van der Waals surface area contributed by atoms with E-state index in [0.717, 1.165) is 0 Å². The molecule has 1 N–H and O–H groups in total. The van der Waals surface area contributed by atoms with Crippen LogP contribution in [0, 0.1) is 0 Å². The highest BCUT2D eigenvalue weighted by Crippen LogP contribution is 2.34. The van der Waals surface area contributed by atoms with E-state index in [2.05, 4.69) is 0 Å². The lowest BCUT2D eigenvalue weighted by Crippen LogP contribution is -2.11. The third-order valence-corrected chi connectivity index (χ3v) is 4.88. The van der Waals surface area contributed by atoms with Gasteiger partial charge in [-0.25, -0.2) is 0 Å². The fourth-order valence-corrected chi connectivity index (χ4v) is 3.37. The zero-order valence-corrected chi connectivity index (χ0v) is 17.2. The number of fused-ring (bicyclic) bond motifs is 1. The maximum absolute atomic E-state index is 13.5. The van der Waals surface area contributed by atoms with Crippen molar-refractivity contribution in [3.8, 4) is 28.4 Å². The molecule has 7 nitrogen and oxygen atoms in total. The van der Waals surface area contributed by atoms with Crippen LogP contribution in [0.15, 0.2) is 45.6 Å². The van der Waals surface area contributed by atoms with Crippen molar-refractivity contribution in [2.45, 2.75) is 25.7 Å². The summed E-state index contributed by atoms with van der Waals surface area (Å²) in [5.74, 6) is 1.20. The molecule has 1 aromatic heterocycles. The number of hydrogen-bond donors (Lipinski definition) is 1. The third-order valence-electron chi connectivity index (χ3n) is 4.88. The maximum Gasteiger partial charge on any atom is 0.303 e. The molecular weight excluding hydrogens is 388 g/mol. The normalized spacial score (nSPS) is 10.8. The van der Waals surface area contributed by atoms with E-state index in [-0.39, 0.29) is 11.8 Å². The topological polar surface area (TPSA) is 95.2 Å². The third kappa shape index (κ3) is 4.40. The summed E-state index contributed by atoms with van der Waals surface area (Å²) in [4.78, 5) is 24.3. The maximum atomic E-state index is 13.5. The Hall–Kier alpha value is -3.48. The molecule has 30 heavy (non-hydrogen) atoms. The van der Waals surface area contributed by atoms with Crippen molar-refractivity contribution >= 4 is 16.9 Å². The van der Waals surface area contributed by atoms with E-state index in [1.54, 1.807) is 43.5 Å². The first-order valence-corrected chi connectivity index (χ1v) is 9.56. The van der Waals surface area contributed by atoms with Gasteiger partial charge >= 0.3 is 5.97 Å². The molecule has 0 spiro atoms. The minimum Gasteiger partial charge on any atom is -0.497 e. The summed E-state index contributed by atoms with van der Waals surface area (Å²) < 4.78 is 22.1. The number of carbonyl (C=O) groups is 1. The Morgan fingerprint density at radius 1 is 0.967 bits per heavy atom. The summed E-state index contributed by atoms with van der Waals surface area (Å²) in [6.45, 7) is 0. The highest BCUT2D eigenvalue weighted by atomic mass is 16.5. The monoisotopic (exact) mass is 412 g/mol. The van der Waals surface area contributed by atoms with Gasteiger partial charge in [-0.2, -0.15) is 0 Å². The number of ether oxygens (including phenoxy) is 3. The zero-order chi connectivity index (χ0) is 21.7. The van der Waals surface area contributed by atoms with Gasteiger partial charge < -0.3 is 23.7 Å². The number of methoxy groups -OCH3 is 3. The van der Waals surface area contributed by atoms with E-state index >= 15 is 0 Å². The predicted octanol–water partition coefficient (Wildman–Crippen LogP) is 4.28. The quantitative estimate of drug-likeness (QED) is 0.524. The molecule has 0 bridgehead atoms. The summed E-state index contributed by atoms with van der Waals surface area (Å²) >= 11 is 0. The van der Waals surface area contributed by atoms with Gasteiger partial charge in [0.2, 0.25) is 5.43 Å². The molecule has 7 heteroatoms. The van der Waals surface area contributed by atoms with Crippen LogP contribution in [0.1, 0.15) is 25.0 Å². The second kappa shape index (κ2) is 9.35. The fourth-order valence-electron chi connectivity index (χ4n) is 3.37. The minimum atomic E-state index is -0.847. The van der Waals surface area contributed by atoms with Gasteiger partial charge in [-0.1, -0.05) is 12.1 Å². The molecule has 0 aliphatic rings. The lowest BCUT2D eigenvalue weighted by Gasteiger charge is -2.13. The van der Waals surface area contributed by atoms with E-state index in [1.807, 2.05) is 0 Å². The number of hydrogen-bond acceptors (Lipinski definition) is 6. The number of aryl methyl sites for hydroxylation is 1. The Kier molecular flexibility index (Phi) is 6.61. The molecule has 0 saturated carbocycles. The van der Waals surface area contributed by atoms with Crippen LogP contribution in [0.3, 0.4) is 0 Å². The van der Waals surface area contributed by atoms with E-state index in [0.29, 0.717) is 64.4 Å². The van der Waals surface area contributed by atoms with Crippen molar-refractivity contribution in [3.05, 3.63) is 52.4 Å². The molecule has 0 unspecified atom stereocenters. The van der Waals surface area contributed by atoms with E-state index < -0.39 is 5.97 Å². The predicted molar refractivity (Wildman–Crippen MR) is 113 cm³/mol. The molecule has 0 aliphatic heterocycles. The molecule has 0 saturated heterocycles. The van der Waals surface area contributed by atoms with Crippen LogP contribution in [-0.2, 0) is 11.2 Å². The first-order valence-electron chi connectivity index (χ1n) is 9.56. The highest BCUT2D eigenvalue weighted by Gasteiger charge is 2.20. The lowest BCUT2D eigenvalue weighted by molar-refractivity contribution is -0.137. The molecule has 0 radical (unpaired) electrons. The average molecular weight is 412 g/mol. The van der Waals surface area contributed by atoms with Crippen molar-refractivity contribution < 1.29 is 28.5 Å². The number of benzene rings is 2. The standard InChI is InChI=1S/C23H24O7/c1-27-15-10-8-14(9-11-15)21-17(6-4-5-7-20(24)25)30-19-13-16(28-2)12-18(29-3)22(19)23(21)26/h8-13H,4-7H2,1-3H3,(H,24,25). The largest absolute Gasteiger partial charge is 0.497 e. The summed E-state index contributed by atoms with van der Waals surface area (Å²) in [7, 11) is 4.59. The lowest BCUT2D eigenvalue weighted by atomic mass is 9.98. The van der Waals surface area contributed by atoms with Gasteiger partial charge in [-0.05, 0) is 30.5 Å². The summed E-state index contributed by atoms with van der Waals surface area (Å²) in [5.41, 5.74) is 1.28. The number of rotatable bonds is 9. The summed E-state index contributed by atoms with van der Waals surface area (Å²) in [6, 6.07) is 10.4. The Labute approximate surface area is 173 Å². The van der Waals surface area contributed by atoms with Crippen LogP contribution in [0.25, 0.3) is 22.1 Å². The van der Waals surface area contributed by atoms with Crippen LogP contribution in [-0.4, -0.2) is 32.4 Å². The fraction of sp³-hybridized carbons (Fsp3) is 0.304. The minimum absolute atomic E-state index is 0.0668. The molecular formula is C23H24O7. The van der Waals surface area contributed by atoms with Crippen molar-refractivity contribution in [1.29, 1.82) is 0 Å². The van der Waals surface area contributed by atoms with Crippen LogP contribution in [0.4, 0.5) is 0 Å². The molecule has 158 valence electrons. The van der Waals surface area contributed by atoms with Gasteiger partial charge in [0.1, 0.15) is 34.0 Å². The Balaban J connectivity index is 2.18. The molecule has 2 aromatic carbocycles. The molecule has 0 fully saturated rings. The zero-order valence-electron chi connectivity index (χ0n) is 17.2. The molecule has 0 aliphatic carbocycles. The van der Waals surface area contributed by atoms with Crippen molar-refractivity contribution in [3.63, 3.8) is 0 Å². The number of carboxylic acid groups (broad SMARTS) is 1. The Morgan fingerprint density at radius 3 is 2.27 bits per heavy atom. The van der Waals surface area contributed by atoms with E-state index in [9.17, 15) is 9.59 Å². The molecule has 0 atom stereocenters.